The number of rotatable bonds is 3. The first-order chi connectivity index (χ1) is 6.88. The average Bonchev–Trinajstić information content (AvgIpc) is 2.17. The lowest BCUT2D eigenvalue weighted by Crippen LogP contribution is -2.29. The van der Waals surface area contributed by atoms with Crippen LogP contribution in [0, 0.1) is 17.0 Å². The standard InChI is InChI=1S/C12H17F2N/c1-4-12(2,3)11(15)9-6-5-8(13)7-10(9)14/h5-7,11H,4,15H2,1-3H3. The summed E-state index contributed by atoms with van der Waals surface area (Å²) in [7, 11) is 0. The molecule has 0 aliphatic rings. The van der Waals surface area contributed by atoms with E-state index in [2.05, 4.69) is 0 Å². The van der Waals surface area contributed by atoms with Crippen molar-refractivity contribution in [2.45, 2.75) is 33.2 Å². The Labute approximate surface area is 89.3 Å². The van der Waals surface area contributed by atoms with Crippen LogP contribution in [0.4, 0.5) is 8.78 Å². The smallest absolute Gasteiger partial charge is 0.130 e. The van der Waals surface area contributed by atoms with Crippen LogP contribution in [0.15, 0.2) is 18.2 Å². The van der Waals surface area contributed by atoms with E-state index in [-0.39, 0.29) is 5.41 Å². The van der Waals surface area contributed by atoms with E-state index < -0.39 is 17.7 Å². The molecule has 1 rings (SSSR count). The Hall–Kier alpha value is -0.960. The highest BCUT2D eigenvalue weighted by Gasteiger charge is 2.27. The zero-order chi connectivity index (χ0) is 11.6. The van der Waals surface area contributed by atoms with Crippen molar-refractivity contribution in [1.29, 1.82) is 0 Å². The number of hydrogen-bond donors (Lipinski definition) is 1. The Morgan fingerprint density at radius 2 is 1.93 bits per heavy atom. The molecule has 1 unspecified atom stereocenters. The molecule has 0 fully saturated rings. The third-order valence-electron chi connectivity index (χ3n) is 3.05. The first-order valence-corrected chi connectivity index (χ1v) is 5.09. The first kappa shape index (κ1) is 12.1. The van der Waals surface area contributed by atoms with Crippen LogP contribution < -0.4 is 5.73 Å². The molecule has 0 saturated heterocycles. The van der Waals surface area contributed by atoms with Crippen molar-refractivity contribution in [1.82, 2.24) is 0 Å². The number of benzene rings is 1. The molecule has 1 atom stereocenters. The van der Waals surface area contributed by atoms with Gasteiger partial charge in [-0.3, -0.25) is 0 Å². The van der Waals surface area contributed by atoms with E-state index in [4.69, 9.17) is 5.73 Å². The highest BCUT2D eigenvalue weighted by molar-refractivity contribution is 5.23. The largest absolute Gasteiger partial charge is 0.323 e. The molecule has 1 nitrogen and oxygen atoms in total. The lowest BCUT2D eigenvalue weighted by molar-refractivity contribution is 0.272. The third-order valence-corrected chi connectivity index (χ3v) is 3.05. The molecule has 0 bridgehead atoms. The maximum absolute atomic E-state index is 13.4. The molecular weight excluding hydrogens is 196 g/mol. The highest BCUT2D eigenvalue weighted by atomic mass is 19.1. The molecule has 0 saturated carbocycles. The molecule has 84 valence electrons. The van der Waals surface area contributed by atoms with E-state index in [9.17, 15) is 8.78 Å². The third kappa shape index (κ3) is 2.53. The molecule has 3 heteroatoms. The van der Waals surface area contributed by atoms with Gasteiger partial charge in [0.25, 0.3) is 0 Å². The SMILES string of the molecule is CCC(C)(C)C(N)c1ccc(F)cc1F. The Bertz CT molecular complexity index is 347. The predicted octanol–water partition coefficient (Wildman–Crippen LogP) is 3.40. The van der Waals surface area contributed by atoms with Crippen LogP contribution >= 0.6 is 0 Å². The van der Waals surface area contributed by atoms with Crippen LogP contribution in [-0.4, -0.2) is 0 Å². The normalized spacial score (nSPS) is 14.0. The summed E-state index contributed by atoms with van der Waals surface area (Å²) >= 11 is 0. The molecule has 1 aromatic rings. The highest BCUT2D eigenvalue weighted by Crippen LogP contribution is 2.35. The van der Waals surface area contributed by atoms with Crippen LogP contribution in [0.2, 0.25) is 0 Å². The van der Waals surface area contributed by atoms with Crippen molar-refractivity contribution in [3.63, 3.8) is 0 Å². The van der Waals surface area contributed by atoms with E-state index in [1.807, 2.05) is 20.8 Å². The topological polar surface area (TPSA) is 26.0 Å². The van der Waals surface area contributed by atoms with E-state index in [1.54, 1.807) is 0 Å². The van der Waals surface area contributed by atoms with Crippen LogP contribution in [0.25, 0.3) is 0 Å². The molecule has 0 heterocycles. The minimum atomic E-state index is -0.572. The minimum absolute atomic E-state index is 0.196. The van der Waals surface area contributed by atoms with Gasteiger partial charge in [-0.15, -0.1) is 0 Å². The summed E-state index contributed by atoms with van der Waals surface area (Å²) in [5.74, 6) is -1.14. The minimum Gasteiger partial charge on any atom is -0.323 e. The fraction of sp³-hybridized carbons (Fsp3) is 0.500. The van der Waals surface area contributed by atoms with Gasteiger partial charge in [-0.1, -0.05) is 26.8 Å². The fourth-order valence-corrected chi connectivity index (χ4v) is 1.39. The zero-order valence-corrected chi connectivity index (χ0v) is 9.35. The Balaban J connectivity index is 3.06. The Morgan fingerprint density at radius 3 is 2.40 bits per heavy atom. The van der Waals surface area contributed by atoms with Gasteiger partial charge in [0.05, 0.1) is 0 Å². The van der Waals surface area contributed by atoms with Crippen molar-refractivity contribution >= 4 is 0 Å². The Morgan fingerprint density at radius 1 is 1.33 bits per heavy atom. The summed E-state index contributed by atoms with van der Waals surface area (Å²) in [4.78, 5) is 0. The fourth-order valence-electron chi connectivity index (χ4n) is 1.39. The van der Waals surface area contributed by atoms with Gasteiger partial charge < -0.3 is 5.73 Å². The molecule has 0 aliphatic heterocycles. The lowest BCUT2D eigenvalue weighted by atomic mass is 9.79. The molecule has 0 amide bonds. The van der Waals surface area contributed by atoms with Crippen LogP contribution in [0.5, 0.6) is 0 Å². The van der Waals surface area contributed by atoms with E-state index >= 15 is 0 Å². The molecule has 0 radical (unpaired) electrons. The number of nitrogens with two attached hydrogens (primary N) is 1. The van der Waals surface area contributed by atoms with Crippen molar-refractivity contribution in [2.75, 3.05) is 0 Å². The summed E-state index contributed by atoms with van der Waals surface area (Å²) < 4.78 is 26.2. The van der Waals surface area contributed by atoms with Crippen LogP contribution in [0.1, 0.15) is 38.8 Å². The summed E-state index contributed by atoms with van der Waals surface area (Å²) in [6.45, 7) is 5.95. The summed E-state index contributed by atoms with van der Waals surface area (Å²) in [5, 5.41) is 0. The van der Waals surface area contributed by atoms with Gasteiger partial charge in [0.2, 0.25) is 0 Å². The van der Waals surface area contributed by atoms with Gasteiger partial charge in [0.1, 0.15) is 11.6 Å². The number of hydrogen-bond acceptors (Lipinski definition) is 1. The second-order valence-electron chi connectivity index (χ2n) is 4.49. The van der Waals surface area contributed by atoms with Gasteiger partial charge in [0, 0.05) is 17.7 Å². The maximum Gasteiger partial charge on any atom is 0.130 e. The molecule has 1 aromatic carbocycles. The van der Waals surface area contributed by atoms with Crippen molar-refractivity contribution < 1.29 is 8.78 Å². The van der Waals surface area contributed by atoms with Gasteiger partial charge >= 0.3 is 0 Å². The molecule has 0 aromatic heterocycles. The van der Waals surface area contributed by atoms with Crippen LogP contribution in [-0.2, 0) is 0 Å². The van der Waals surface area contributed by atoms with Crippen molar-refractivity contribution in [3.8, 4) is 0 Å². The lowest BCUT2D eigenvalue weighted by Gasteiger charge is -2.30. The predicted molar refractivity (Wildman–Crippen MR) is 57.4 cm³/mol. The van der Waals surface area contributed by atoms with Gasteiger partial charge in [-0.25, -0.2) is 8.78 Å². The molecule has 15 heavy (non-hydrogen) atoms. The quantitative estimate of drug-likeness (QED) is 0.818. The Kier molecular flexibility index (Phi) is 3.45. The van der Waals surface area contributed by atoms with Crippen molar-refractivity contribution in [3.05, 3.63) is 35.4 Å². The zero-order valence-electron chi connectivity index (χ0n) is 9.35. The second-order valence-corrected chi connectivity index (χ2v) is 4.49. The van der Waals surface area contributed by atoms with Gasteiger partial charge in [-0.05, 0) is 17.9 Å². The van der Waals surface area contributed by atoms with Gasteiger partial charge in [0.15, 0.2) is 0 Å². The second kappa shape index (κ2) is 4.27. The molecular formula is C12H17F2N. The maximum atomic E-state index is 13.4. The summed E-state index contributed by atoms with van der Waals surface area (Å²) in [6, 6.07) is 3.13. The first-order valence-electron chi connectivity index (χ1n) is 5.09. The molecule has 0 spiro atoms. The van der Waals surface area contributed by atoms with Crippen molar-refractivity contribution in [2.24, 2.45) is 11.1 Å². The van der Waals surface area contributed by atoms with E-state index in [1.165, 1.54) is 12.1 Å². The average molecular weight is 213 g/mol. The van der Waals surface area contributed by atoms with E-state index in [0.29, 0.717) is 5.56 Å². The van der Waals surface area contributed by atoms with Gasteiger partial charge in [-0.2, -0.15) is 0 Å². The monoisotopic (exact) mass is 213 g/mol. The molecule has 2 N–H and O–H groups in total. The van der Waals surface area contributed by atoms with Crippen LogP contribution in [0.3, 0.4) is 0 Å². The molecule has 0 aliphatic carbocycles. The number of halogens is 2. The summed E-state index contributed by atoms with van der Waals surface area (Å²) in [6.07, 6.45) is 0.838. The van der Waals surface area contributed by atoms with E-state index in [0.717, 1.165) is 12.5 Å². The summed E-state index contributed by atoms with van der Waals surface area (Å²) in [5.41, 5.74) is 6.15.